The third-order valence-corrected chi connectivity index (χ3v) is 2.82. The fourth-order valence-electron chi connectivity index (χ4n) is 1.82. The van der Waals surface area contributed by atoms with E-state index in [2.05, 4.69) is 4.90 Å². The minimum absolute atomic E-state index is 0.323. The molecule has 0 aromatic rings. The summed E-state index contributed by atoms with van der Waals surface area (Å²) in [5, 5.41) is 9.05. The van der Waals surface area contributed by atoms with Crippen molar-refractivity contribution < 1.29 is 14.7 Å². The molecule has 1 atom stereocenters. The van der Waals surface area contributed by atoms with Crippen molar-refractivity contribution in [1.29, 1.82) is 0 Å². The molecule has 0 amide bonds. The number of aldehydes is 1. The van der Waals surface area contributed by atoms with E-state index in [0.717, 1.165) is 32.5 Å². The number of carbonyl (C=O) groups is 2. The van der Waals surface area contributed by atoms with Gasteiger partial charge in [0.2, 0.25) is 0 Å². The van der Waals surface area contributed by atoms with Gasteiger partial charge in [-0.1, -0.05) is 0 Å². The standard InChI is InChI=1S/C10H18N2O3/c1-11-4-6-12(7-5-11)9(10(14)15)3-2-8-13/h8-9H,2-7H2,1H3,(H,14,15). The molecule has 0 aromatic heterocycles. The molecule has 1 aliphatic rings. The van der Waals surface area contributed by atoms with Gasteiger partial charge < -0.3 is 14.8 Å². The van der Waals surface area contributed by atoms with Crippen LogP contribution in [-0.2, 0) is 9.59 Å². The van der Waals surface area contributed by atoms with Crippen LogP contribution in [0.1, 0.15) is 12.8 Å². The third kappa shape index (κ3) is 3.60. The van der Waals surface area contributed by atoms with Crippen LogP contribution in [0, 0.1) is 0 Å². The van der Waals surface area contributed by atoms with E-state index in [1.165, 1.54) is 0 Å². The van der Waals surface area contributed by atoms with E-state index in [0.29, 0.717) is 12.8 Å². The SMILES string of the molecule is CN1CCN(C(CCC=O)C(=O)O)CC1. The van der Waals surface area contributed by atoms with Gasteiger partial charge in [-0.15, -0.1) is 0 Å². The zero-order valence-electron chi connectivity index (χ0n) is 9.06. The zero-order chi connectivity index (χ0) is 11.3. The van der Waals surface area contributed by atoms with E-state index in [4.69, 9.17) is 5.11 Å². The number of likely N-dealkylation sites (N-methyl/N-ethyl adjacent to an activating group) is 1. The summed E-state index contributed by atoms with van der Waals surface area (Å²) in [6, 6.07) is -0.496. The Hall–Kier alpha value is -0.940. The predicted octanol–water partition coefficient (Wildman–Crippen LogP) is -0.334. The number of hydrogen-bond acceptors (Lipinski definition) is 4. The first-order valence-corrected chi connectivity index (χ1v) is 5.24. The van der Waals surface area contributed by atoms with Gasteiger partial charge in [0, 0.05) is 32.6 Å². The molecule has 0 saturated carbocycles. The number of piperazine rings is 1. The molecule has 0 aromatic carbocycles. The second-order valence-corrected chi connectivity index (χ2v) is 3.94. The molecule has 5 heteroatoms. The van der Waals surface area contributed by atoms with Gasteiger partial charge in [-0.05, 0) is 13.5 Å². The Morgan fingerprint density at radius 2 is 2.00 bits per heavy atom. The summed E-state index contributed by atoms with van der Waals surface area (Å²) in [4.78, 5) is 25.4. The molecule has 86 valence electrons. The molecule has 15 heavy (non-hydrogen) atoms. The topological polar surface area (TPSA) is 60.9 Å². The van der Waals surface area contributed by atoms with E-state index in [1.54, 1.807) is 0 Å². The molecule has 1 fully saturated rings. The first-order valence-electron chi connectivity index (χ1n) is 5.24. The molecule has 0 aliphatic carbocycles. The van der Waals surface area contributed by atoms with Gasteiger partial charge in [0.15, 0.2) is 0 Å². The van der Waals surface area contributed by atoms with Crippen molar-refractivity contribution >= 4 is 12.3 Å². The number of hydrogen-bond donors (Lipinski definition) is 1. The molecule has 0 spiro atoms. The molecular weight excluding hydrogens is 196 g/mol. The molecule has 1 saturated heterocycles. The smallest absolute Gasteiger partial charge is 0.320 e. The quantitative estimate of drug-likeness (QED) is 0.635. The maximum Gasteiger partial charge on any atom is 0.320 e. The highest BCUT2D eigenvalue weighted by Crippen LogP contribution is 2.10. The van der Waals surface area contributed by atoms with Crippen molar-refractivity contribution in [3.63, 3.8) is 0 Å². The van der Waals surface area contributed by atoms with Crippen molar-refractivity contribution in [2.24, 2.45) is 0 Å². The Bertz CT molecular complexity index is 225. The second kappa shape index (κ2) is 5.82. The van der Waals surface area contributed by atoms with Crippen LogP contribution in [0.5, 0.6) is 0 Å². The fourth-order valence-corrected chi connectivity index (χ4v) is 1.82. The van der Waals surface area contributed by atoms with Crippen molar-refractivity contribution in [2.75, 3.05) is 33.2 Å². The van der Waals surface area contributed by atoms with Gasteiger partial charge in [0.1, 0.15) is 12.3 Å². The average molecular weight is 214 g/mol. The van der Waals surface area contributed by atoms with E-state index in [-0.39, 0.29) is 0 Å². The van der Waals surface area contributed by atoms with Crippen molar-refractivity contribution in [3.8, 4) is 0 Å². The lowest BCUT2D eigenvalue weighted by Crippen LogP contribution is -2.51. The van der Waals surface area contributed by atoms with Crippen LogP contribution in [0.15, 0.2) is 0 Å². The molecular formula is C10H18N2O3. The highest BCUT2D eigenvalue weighted by Gasteiger charge is 2.27. The highest BCUT2D eigenvalue weighted by molar-refractivity contribution is 5.74. The maximum absolute atomic E-state index is 11.0. The van der Waals surface area contributed by atoms with Gasteiger partial charge >= 0.3 is 5.97 Å². The Morgan fingerprint density at radius 3 is 2.47 bits per heavy atom. The van der Waals surface area contributed by atoms with Crippen molar-refractivity contribution in [3.05, 3.63) is 0 Å². The van der Waals surface area contributed by atoms with Crippen LogP contribution in [0.2, 0.25) is 0 Å². The Morgan fingerprint density at radius 1 is 1.40 bits per heavy atom. The average Bonchev–Trinajstić information content (AvgIpc) is 2.21. The predicted molar refractivity (Wildman–Crippen MR) is 55.8 cm³/mol. The monoisotopic (exact) mass is 214 g/mol. The van der Waals surface area contributed by atoms with Gasteiger partial charge in [0.05, 0.1) is 0 Å². The number of carboxylic acid groups (broad SMARTS) is 1. The first kappa shape index (κ1) is 12.1. The molecule has 1 unspecified atom stereocenters. The first-order chi connectivity index (χ1) is 7.15. The van der Waals surface area contributed by atoms with E-state index < -0.39 is 12.0 Å². The van der Waals surface area contributed by atoms with Crippen molar-refractivity contribution in [2.45, 2.75) is 18.9 Å². The summed E-state index contributed by atoms with van der Waals surface area (Å²) in [6.07, 6.45) is 1.53. The summed E-state index contributed by atoms with van der Waals surface area (Å²) >= 11 is 0. The van der Waals surface area contributed by atoms with E-state index >= 15 is 0 Å². The number of nitrogens with zero attached hydrogens (tertiary/aromatic N) is 2. The summed E-state index contributed by atoms with van der Waals surface area (Å²) in [5.41, 5.74) is 0. The van der Waals surface area contributed by atoms with Gasteiger partial charge in [-0.2, -0.15) is 0 Å². The number of carbonyl (C=O) groups excluding carboxylic acids is 1. The maximum atomic E-state index is 11.0. The lowest BCUT2D eigenvalue weighted by molar-refractivity contribution is -0.144. The van der Waals surface area contributed by atoms with Crippen LogP contribution in [-0.4, -0.2) is 66.4 Å². The molecule has 1 aliphatic heterocycles. The van der Waals surface area contributed by atoms with Gasteiger partial charge in [-0.3, -0.25) is 9.69 Å². The molecule has 1 heterocycles. The van der Waals surface area contributed by atoms with Crippen LogP contribution in [0.25, 0.3) is 0 Å². The largest absolute Gasteiger partial charge is 0.480 e. The minimum atomic E-state index is -0.818. The number of aliphatic carboxylic acids is 1. The van der Waals surface area contributed by atoms with Gasteiger partial charge in [-0.25, -0.2) is 0 Å². The lowest BCUT2D eigenvalue weighted by Gasteiger charge is -2.35. The van der Waals surface area contributed by atoms with E-state index in [9.17, 15) is 9.59 Å². The molecule has 0 bridgehead atoms. The summed E-state index contributed by atoms with van der Waals surface area (Å²) in [7, 11) is 2.03. The molecule has 0 radical (unpaired) electrons. The highest BCUT2D eigenvalue weighted by atomic mass is 16.4. The number of rotatable bonds is 5. The van der Waals surface area contributed by atoms with Crippen LogP contribution in [0.3, 0.4) is 0 Å². The Labute approximate surface area is 89.7 Å². The van der Waals surface area contributed by atoms with Crippen LogP contribution >= 0.6 is 0 Å². The van der Waals surface area contributed by atoms with Crippen molar-refractivity contribution in [1.82, 2.24) is 9.80 Å². The fraction of sp³-hybridized carbons (Fsp3) is 0.800. The van der Waals surface area contributed by atoms with Crippen LogP contribution in [0.4, 0.5) is 0 Å². The van der Waals surface area contributed by atoms with E-state index in [1.807, 2.05) is 11.9 Å². The minimum Gasteiger partial charge on any atom is -0.480 e. The summed E-state index contributed by atoms with van der Waals surface area (Å²) in [5.74, 6) is -0.818. The zero-order valence-corrected chi connectivity index (χ0v) is 9.06. The molecule has 1 N–H and O–H groups in total. The summed E-state index contributed by atoms with van der Waals surface area (Å²) in [6.45, 7) is 3.33. The van der Waals surface area contributed by atoms with Crippen LogP contribution < -0.4 is 0 Å². The third-order valence-electron chi connectivity index (χ3n) is 2.82. The second-order valence-electron chi connectivity index (χ2n) is 3.94. The molecule has 5 nitrogen and oxygen atoms in total. The summed E-state index contributed by atoms with van der Waals surface area (Å²) < 4.78 is 0. The molecule has 1 rings (SSSR count). The normalized spacial score (nSPS) is 21.1. The number of carboxylic acids is 1. The Kier molecular flexibility index (Phi) is 4.71. The van der Waals surface area contributed by atoms with Gasteiger partial charge in [0.25, 0.3) is 0 Å². The lowest BCUT2D eigenvalue weighted by atomic mass is 10.1. The Balaban J connectivity index is 2.48.